The van der Waals surface area contributed by atoms with E-state index in [1.54, 1.807) is 17.9 Å². The smallest absolute Gasteiger partial charge is 0.256 e. The number of amides is 1. The third-order valence-corrected chi connectivity index (χ3v) is 8.07. The first kappa shape index (κ1) is 23.7. The van der Waals surface area contributed by atoms with E-state index in [2.05, 4.69) is 4.98 Å². The number of rotatable bonds is 4. The minimum atomic E-state index is -0.757. The highest BCUT2D eigenvalue weighted by atomic mass is 16.7. The number of nitrogens with two attached hydrogens (primary N) is 1. The number of nitrogens with zero attached hydrogens (tertiary/aromatic N) is 1. The van der Waals surface area contributed by atoms with Gasteiger partial charge in [0.05, 0.1) is 19.2 Å². The van der Waals surface area contributed by atoms with Crippen LogP contribution in [0.25, 0.3) is 0 Å². The van der Waals surface area contributed by atoms with Gasteiger partial charge in [0.15, 0.2) is 11.5 Å². The van der Waals surface area contributed by atoms with Gasteiger partial charge in [0.1, 0.15) is 5.75 Å². The van der Waals surface area contributed by atoms with Crippen LogP contribution in [0.2, 0.25) is 0 Å². The third-order valence-electron chi connectivity index (χ3n) is 8.07. The van der Waals surface area contributed by atoms with E-state index in [-0.39, 0.29) is 30.0 Å². The molecular formula is C27H35N3O5. The van der Waals surface area contributed by atoms with Crippen molar-refractivity contribution in [3.63, 3.8) is 0 Å². The van der Waals surface area contributed by atoms with Crippen molar-refractivity contribution in [1.82, 2.24) is 9.88 Å². The van der Waals surface area contributed by atoms with Gasteiger partial charge < -0.3 is 29.8 Å². The molecule has 1 aromatic heterocycles. The number of aromatic amines is 1. The van der Waals surface area contributed by atoms with Gasteiger partial charge in [-0.2, -0.15) is 0 Å². The van der Waals surface area contributed by atoms with E-state index in [1.807, 2.05) is 20.8 Å². The molecule has 1 unspecified atom stereocenters. The highest BCUT2D eigenvalue weighted by Crippen LogP contribution is 2.51. The van der Waals surface area contributed by atoms with Gasteiger partial charge in [-0.05, 0) is 70.1 Å². The van der Waals surface area contributed by atoms with Gasteiger partial charge in [-0.1, -0.05) is 0 Å². The molecule has 1 aromatic carbocycles. The standard InChI is InChI=1S/C27H35N3O5/c1-14-12-21(33-5)20(25(31)29-14)13-30-11-10-19-15(2)23-24(16(3)22(19)26(30)32)35-27(4,34-23)17-6-8-18(28)9-7-17/h12,17-18H,6-11,13,28H2,1-5H3,(H,29,31). The van der Waals surface area contributed by atoms with Crippen molar-refractivity contribution in [2.75, 3.05) is 13.7 Å². The molecule has 0 spiro atoms. The molecule has 3 N–H and O–H groups in total. The van der Waals surface area contributed by atoms with E-state index in [1.165, 1.54) is 7.11 Å². The van der Waals surface area contributed by atoms with Crippen molar-refractivity contribution < 1.29 is 19.0 Å². The minimum Gasteiger partial charge on any atom is -0.496 e. The first-order valence-electron chi connectivity index (χ1n) is 12.5. The first-order valence-corrected chi connectivity index (χ1v) is 12.5. The van der Waals surface area contributed by atoms with Crippen LogP contribution >= 0.6 is 0 Å². The fourth-order valence-electron chi connectivity index (χ4n) is 5.96. The molecule has 2 aromatic rings. The molecule has 5 rings (SSSR count). The summed E-state index contributed by atoms with van der Waals surface area (Å²) in [5.41, 5.74) is 10.5. The van der Waals surface area contributed by atoms with Gasteiger partial charge in [-0.25, -0.2) is 0 Å². The fraction of sp³-hybridized carbons (Fsp3) is 0.556. The minimum absolute atomic E-state index is 0.0995. The predicted molar refractivity (Wildman–Crippen MR) is 132 cm³/mol. The zero-order valence-electron chi connectivity index (χ0n) is 21.2. The molecule has 188 valence electrons. The normalized spacial score (nSPS) is 25.5. The Kier molecular flexibility index (Phi) is 5.82. The zero-order chi connectivity index (χ0) is 25.1. The van der Waals surface area contributed by atoms with Crippen LogP contribution in [0.5, 0.6) is 17.2 Å². The maximum Gasteiger partial charge on any atom is 0.256 e. The number of hydrogen-bond acceptors (Lipinski definition) is 6. The number of benzene rings is 1. The van der Waals surface area contributed by atoms with Gasteiger partial charge in [0.2, 0.25) is 0 Å². The van der Waals surface area contributed by atoms with Crippen molar-refractivity contribution in [1.29, 1.82) is 0 Å². The maximum atomic E-state index is 13.7. The van der Waals surface area contributed by atoms with Gasteiger partial charge in [-0.3, -0.25) is 9.59 Å². The molecule has 1 saturated carbocycles. The molecule has 0 radical (unpaired) electrons. The van der Waals surface area contributed by atoms with Crippen LogP contribution < -0.4 is 25.5 Å². The monoisotopic (exact) mass is 481 g/mol. The van der Waals surface area contributed by atoms with Crippen LogP contribution in [-0.4, -0.2) is 41.3 Å². The Bertz CT molecular complexity index is 1240. The Balaban J connectivity index is 1.47. The van der Waals surface area contributed by atoms with Crippen LogP contribution in [0.1, 0.15) is 70.9 Å². The number of fused-ring (bicyclic) bond motifs is 2. The number of carbonyl (C=O) groups is 1. The molecule has 35 heavy (non-hydrogen) atoms. The third kappa shape index (κ3) is 3.88. The van der Waals surface area contributed by atoms with Crippen LogP contribution in [0.15, 0.2) is 10.9 Å². The molecule has 0 bridgehead atoms. The SMILES string of the molecule is COc1cc(C)[nH]c(=O)c1CN1CCc2c(C)c3c(c(C)c2C1=O)OC(C)(C1CCC(N)CC1)O3. The number of aromatic nitrogens is 1. The molecule has 1 amide bonds. The van der Waals surface area contributed by atoms with Crippen molar-refractivity contribution in [3.05, 3.63) is 49.9 Å². The number of ether oxygens (including phenoxy) is 3. The molecule has 8 heteroatoms. The average Bonchev–Trinajstić information content (AvgIpc) is 3.19. The van der Waals surface area contributed by atoms with Crippen molar-refractivity contribution >= 4 is 5.91 Å². The summed E-state index contributed by atoms with van der Waals surface area (Å²) < 4.78 is 18.5. The molecule has 3 heterocycles. The molecule has 3 aliphatic rings. The Labute approximate surface area is 205 Å². The summed E-state index contributed by atoms with van der Waals surface area (Å²) in [6.45, 7) is 8.46. The van der Waals surface area contributed by atoms with Gasteiger partial charge >= 0.3 is 0 Å². The van der Waals surface area contributed by atoms with E-state index in [0.29, 0.717) is 41.3 Å². The van der Waals surface area contributed by atoms with E-state index < -0.39 is 5.79 Å². The topological polar surface area (TPSA) is 107 Å². The zero-order valence-corrected chi connectivity index (χ0v) is 21.2. The van der Waals surface area contributed by atoms with Crippen LogP contribution in [-0.2, 0) is 13.0 Å². The first-order chi connectivity index (χ1) is 16.6. The summed E-state index contributed by atoms with van der Waals surface area (Å²) in [6.07, 6.45) is 4.54. The van der Waals surface area contributed by atoms with Gasteiger partial charge in [-0.15, -0.1) is 0 Å². The Morgan fingerprint density at radius 3 is 2.43 bits per heavy atom. The lowest BCUT2D eigenvalue weighted by Gasteiger charge is -2.36. The molecule has 1 fully saturated rings. The summed E-state index contributed by atoms with van der Waals surface area (Å²) >= 11 is 0. The van der Waals surface area contributed by atoms with Crippen LogP contribution in [0.3, 0.4) is 0 Å². The number of aryl methyl sites for hydroxylation is 1. The summed E-state index contributed by atoms with van der Waals surface area (Å²) in [7, 11) is 1.54. The van der Waals surface area contributed by atoms with E-state index >= 15 is 0 Å². The Hall–Kier alpha value is -3.00. The van der Waals surface area contributed by atoms with E-state index in [9.17, 15) is 9.59 Å². The van der Waals surface area contributed by atoms with Gasteiger partial charge in [0, 0.05) is 42.2 Å². The molecule has 1 atom stereocenters. The second-order valence-electron chi connectivity index (χ2n) is 10.4. The van der Waals surface area contributed by atoms with Gasteiger partial charge in [0.25, 0.3) is 17.3 Å². The molecule has 2 aliphatic heterocycles. The molecular weight excluding hydrogens is 446 g/mol. The number of hydrogen-bond donors (Lipinski definition) is 2. The van der Waals surface area contributed by atoms with Crippen LogP contribution in [0, 0.1) is 26.7 Å². The summed E-state index contributed by atoms with van der Waals surface area (Å²) in [5.74, 6) is 1.31. The second kappa shape index (κ2) is 8.59. The average molecular weight is 482 g/mol. The lowest BCUT2D eigenvalue weighted by Crippen LogP contribution is -2.46. The Morgan fingerprint density at radius 1 is 1.11 bits per heavy atom. The summed E-state index contributed by atoms with van der Waals surface area (Å²) in [6, 6.07) is 2.03. The van der Waals surface area contributed by atoms with Crippen LogP contribution in [0.4, 0.5) is 0 Å². The number of H-pyrrole nitrogens is 1. The lowest BCUT2D eigenvalue weighted by atomic mass is 9.81. The molecule has 1 aliphatic carbocycles. The summed E-state index contributed by atoms with van der Waals surface area (Å²) in [4.78, 5) is 30.9. The number of nitrogens with one attached hydrogen (secondary N) is 1. The second-order valence-corrected chi connectivity index (χ2v) is 10.4. The number of methoxy groups -OCH3 is 1. The summed E-state index contributed by atoms with van der Waals surface area (Å²) in [5, 5.41) is 0. The molecule has 8 nitrogen and oxygen atoms in total. The number of carbonyl (C=O) groups excluding carboxylic acids is 1. The highest BCUT2D eigenvalue weighted by Gasteiger charge is 2.48. The molecule has 0 saturated heterocycles. The van der Waals surface area contributed by atoms with Crippen molar-refractivity contribution in [2.24, 2.45) is 11.7 Å². The maximum absolute atomic E-state index is 13.7. The highest BCUT2D eigenvalue weighted by molar-refractivity contribution is 6.00. The van der Waals surface area contributed by atoms with E-state index in [0.717, 1.165) is 48.1 Å². The lowest BCUT2D eigenvalue weighted by molar-refractivity contribution is -0.121. The number of pyridine rings is 1. The Morgan fingerprint density at radius 2 is 1.77 bits per heavy atom. The van der Waals surface area contributed by atoms with Crippen molar-refractivity contribution in [2.45, 2.75) is 78.2 Å². The predicted octanol–water partition coefficient (Wildman–Crippen LogP) is 3.51. The largest absolute Gasteiger partial charge is 0.496 e. The van der Waals surface area contributed by atoms with E-state index in [4.69, 9.17) is 19.9 Å². The fourth-order valence-corrected chi connectivity index (χ4v) is 5.96. The quantitative estimate of drug-likeness (QED) is 0.692. The van der Waals surface area contributed by atoms with Crippen molar-refractivity contribution in [3.8, 4) is 17.2 Å².